The second-order valence-corrected chi connectivity index (χ2v) is 5.34. The van der Waals surface area contributed by atoms with Crippen LogP contribution in [-0.2, 0) is 9.59 Å². The van der Waals surface area contributed by atoms with Crippen LogP contribution in [0.2, 0.25) is 0 Å². The molecule has 1 rings (SSSR count). The first kappa shape index (κ1) is 15.7. The number of rotatable bonds is 6. The van der Waals surface area contributed by atoms with Gasteiger partial charge in [-0.3, -0.25) is 9.59 Å². The Kier molecular flexibility index (Phi) is 6.02. The highest BCUT2D eigenvalue weighted by molar-refractivity contribution is 9.10. The summed E-state index contributed by atoms with van der Waals surface area (Å²) in [7, 11) is 0. The van der Waals surface area contributed by atoms with Crippen molar-refractivity contribution in [3.63, 3.8) is 0 Å². The van der Waals surface area contributed by atoms with Gasteiger partial charge in [0.1, 0.15) is 6.54 Å². The Morgan fingerprint density at radius 3 is 2.37 bits per heavy atom. The lowest BCUT2D eigenvalue weighted by atomic mass is 10.00. The first-order valence-corrected chi connectivity index (χ1v) is 7.01. The molecule has 0 aliphatic rings. The van der Waals surface area contributed by atoms with Crippen LogP contribution in [0.4, 0.5) is 0 Å². The molecule has 4 nitrogen and oxygen atoms in total. The molecular formula is C14H18BrNO3. The highest BCUT2D eigenvalue weighted by Gasteiger charge is 2.23. The average molecular weight is 328 g/mol. The normalized spacial score (nSPS) is 11.9. The smallest absolute Gasteiger partial charge is 0.323 e. The second-order valence-electron chi connectivity index (χ2n) is 4.43. The Hall–Kier alpha value is -1.36. The predicted molar refractivity (Wildman–Crippen MR) is 77.1 cm³/mol. The maximum Gasteiger partial charge on any atom is 0.323 e. The first-order valence-electron chi connectivity index (χ1n) is 6.21. The van der Waals surface area contributed by atoms with Crippen LogP contribution in [0.15, 0.2) is 28.7 Å². The number of amides is 1. The number of halogens is 1. The molecule has 0 saturated heterocycles. The van der Waals surface area contributed by atoms with Gasteiger partial charge in [0.2, 0.25) is 5.91 Å². The van der Waals surface area contributed by atoms with E-state index in [-0.39, 0.29) is 18.4 Å². The summed E-state index contributed by atoms with van der Waals surface area (Å²) in [6.07, 6.45) is 0.742. The molecule has 0 radical (unpaired) electrons. The fraction of sp³-hybridized carbons (Fsp3) is 0.429. The lowest BCUT2D eigenvalue weighted by Crippen LogP contribution is -2.38. The molecule has 0 heterocycles. The van der Waals surface area contributed by atoms with Gasteiger partial charge in [-0.2, -0.15) is 0 Å². The molecule has 1 unspecified atom stereocenters. The molecule has 0 aliphatic carbocycles. The van der Waals surface area contributed by atoms with Gasteiger partial charge in [0.15, 0.2) is 0 Å². The molecule has 0 fully saturated rings. The Balaban J connectivity index is 2.83. The number of nitrogens with zero attached hydrogens (tertiary/aromatic N) is 1. The summed E-state index contributed by atoms with van der Waals surface area (Å²) in [4.78, 5) is 24.5. The van der Waals surface area contributed by atoms with Crippen LogP contribution in [-0.4, -0.2) is 35.0 Å². The van der Waals surface area contributed by atoms with Gasteiger partial charge in [-0.15, -0.1) is 0 Å². The van der Waals surface area contributed by atoms with Crippen molar-refractivity contribution in [2.24, 2.45) is 0 Å². The maximum atomic E-state index is 12.3. The molecule has 5 heteroatoms. The number of carbonyl (C=O) groups is 2. The van der Waals surface area contributed by atoms with E-state index in [0.29, 0.717) is 6.54 Å². The van der Waals surface area contributed by atoms with Crippen molar-refractivity contribution in [3.05, 3.63) is 34.3 Å². The molecule has 104 valence electrons. The number of carboxylic acids is 1. The molecule has 0 bridgehead atoms. The van der Waals surface area contributed by atoms with E-state index in [1.807, 2.05) is 31.2 Å². The van der Waals surface area contributed by atoms with Crippen molar-refractivity contribution in [1.29, 1.82) is 0 Å². The van der Waals surface area contributed by atoms with Crippen molar-refractivity contribution >= 4 is 27.8 Å². The minimum atomic E-state index is -0.982. The number of hydrogen-bond acceptors (Lipinski definition) is 2. The number of carboxylic acid groups (broad SMARTS) is 1. The molecule has 1 aromatic carbocycles. The fourth-order valence-electron chi connectivity index (χ4n) is 1.87. The zero-order valence-electron chi connectivity index (χ0n) is 11.1. The van der Waals surface area contributed by atoms with E-state index in [1.54, 1.807) is 6.92 Å². The largest absolute Gasteiger partial charge is 0.480 e. The molecule has 0 saturated carbocycles. The number of hydrogen-bond donors (Lipinski definition) is 1. The van der Waals surface area contributed by atoms with E-state index >= 15 is 0 Å². The summed E-state index contributed by atoms with van der Waals surface area (Å²) in [5, 5.41) is 8.85. The third-order valence-corrected chi connectivity index (χ3v) is 3.40. The lowest BCUT2D eigenvalue weighted by Gasteiger charge is -2.24. The molecule has 1 atom stereocenters. The van der Waals surface area contributed by atoms with Gasteiger partial charge in [-0.05, 0) is 31.0 Å². The minimum absolute atomic E-state index is 0.147. The van der Waals surface area contributed by atoms with Crippen LogP contribution in [0.3, 0.4) is 0 Å². The second kappa shape index (κ2) is 7.28. The van der Waals surface area contributed by atoms with E-state index in [0.717, 1.165) is 16.5 Å². The molecule has 0 aromatic heterocycles. The Morgan fingerprint density at radius 2 is 1.89 bits per heavy atom. The van der Waals surface area contributed by atoms with E-state index < -0.39 is 5.97 Å². The van der Waals surface area contributed by atoms with Crippen molar-refractivity contribution in [3.8, 4) is 0 Å². The van der Waals surface area contributed by atoms with Gasteiger partial charge >= 0.3 is 5.97 Å². The first-order chi connectivity index (χ1) is 8.95. The number of carbonyl (C=O) groups excluding carboxylic acids is 1. The molecule has 0 spiro atoms. The van der Waals surface area contributed by atoms with Gasteiger partial charge in [0.05, 0.1) is 5.92 Å². The molecule has 1 amide bonds. The summed E-state index contributed by atoms with van der Waals surface area (Å²) < 4.78 is 0.951. The maximum absolute atomic E-state index is 12.3. The van der Waals surface area contributed by atoms with Gasteiger partial charge in [0, 0.05) is 11.0 Å². The van der Waals surface area contributed by atoms with E-state index in [1.165, 1.54) is 4.90 Å². The number of aliphatic carboxylic acids is 1. The van der Waals surface area contributed by atoms with Gasteiger partial charge < -0.3 is 10.0 Å². The highest BCUT2D eigenvalue weighted by Crippen LogP contribution is 2.20. The quantitative estimate of drug-likeness (QED) is 0.874. The van der Waals surface area contributed by atoms with E-state index in [2.05, 4.69) is 15.9 Å². The van der Waals surface area contributed by atoms with Gasteiger partial charge in [-0.1, -0.05) is 35.0 Å². The van der Waals surface area contributed by atoms with E-state index in [9.17, 15) is 9.59 Å². The molecule has 1 aromatic rings. The van der Waals surface area contributed by atoms with E-state index in [4.69, 9.17) is 5.11 Å². The summed E-state index contributed by atoms with van der Waals surface area (Å²) in [5.41, 5.74) is 0.889. The topological polar surface area (TPSA) is 57.6 Å². The zero-order chi connectivity index (χ0) is 14.4. The van der Waals surface area contributed by atoms with Crippen LogP contribution in [0.25, 0.3) is 0 Å². The lowest BCUT2D eigenvalue weighted by molar-refractivity contribution is -0.145. The molecule has 1 N–H and O–H groups in total. The van der Waals surface area contributed by atoms with Crippen LogP contribution in [0, 0.1) is 0 Å². The Labute approximate surface area is 121 Å². The van der Waals surface area contributed by atoms with Crippen LogP contribution >= 0.6 is 15.9 Å². The zero-order valence-corrected chi connectivity index (χ0v) is 12.7. The summed E-state index contributed by atoms with van der Waals surface area (Å²) in [6.45, 7) is 3.95. The van der Waals surface area contributed by atoms with Crippen LogP contribution < -0.4 is 0 Å². The van der Waals surface area contributed by atoms with Crippen molar-refractivity contribution in [2.75, 3.05) is 13.1 Å². The van der Waals surface area contributed by atoms with Crippen molar-refractivity contribution < 1.29 is 14.7 Å². The Bertz CT molecular complexity index is 445. The molecule has 0 aliphatic heterocycles. The fourth-order valence-corrected chi connectivity index (χ4v) is 2.13. The number of benzene rings is 1. The SMILES string of the molecule is CCCN(CC(=O)O)C(=O)C(C)c1ccc(Br)cc1. The van der Waals surface area contributed by atoms with Gasteiger partial charge in [-0.25, -0.2) is 0 Å². The van der Waals surface area contributed by atoms with Crippen molar-refractivity contribution in [1.82, 2.24) is 4.90 Å². The van der Waals surface area contributed by atoms with Crippen LogP contribution in [0.1, 0.15) is 31.7 Å². The van der Waals surface area contributed by atoms with Crippen molar-refractivity contribution in [2.45, 2.75) is 26.2 Å². The third-order valence-electron chi connectivity index (χ3n) is 2.87. The summed E-state index contributed by atoms with van der Waals surface area (Å²) in [5.74, 6) is -1.46. The monoisotopic (exact) mass is 327 g/mol. The summed E-state index contributed by atoms with van der Waals surface area (Å²) in [6, 6.07) is 7.50. The molecule has 19 heavy (non-hydrogen) atoms. The predicted octanol–water partition coefficient (Wildman–Crippen LogP) is 2.88. The third kappa shape index (κ3) is 4.67. The summed E-state index contributed by atoms with van der Waals surface area (Å²) >= 11 is 3.35. The standard InChI is InChI=1S/C14H18BrNO3/c1-3-8-16(9-13(17)18)14(19)10(2)11-4-6-12(15)7-5-11/h4-7,10H,3,8-9H2,1-2H3,(H,17,18). The van der Waals surface area contributed by atoms with Gasteiger partial charge in [0.25, 0.3) is 0 Å². The minimum Gasteiger partial charge on any atom is -0.480 e. The average Bonchev–Trinajstić information content (AvgIpc) is 2.37. The van der Waals surface area contributed by atoms with Crippen LogP contribution in [0.5, 0.6) is 0 Å². The Morgan fingerprint density at radius 1 is 1.32 bits per heavy atom. The molecular weight excluding hydrogens is 310 g/mol. The highest BCUT2D eigenvalue weighted by atomic mass is 79.9.